The summed E-state index contributed by atoms with van der Waals surface area (Å²) in [6, 6.07) is 18.0. The summed E-state index contributed by atoms with van der Waals surface area (Å²) in [7, 11) is 0. The van der Waals surface area contributed by atoms with Gasteiger partial charge >= 0.3 is 0 Å². The normalized spacial score (nSPS) is 10.6. The van der Waals surface area contributed by atoms with E-state index in [0.717, 1.165) is 12.0 Å². The molecule has 2 aromatic carbocycles. The van der Waals surface area contributed by atoms with E-state index in [2.05, 4.69) is 20.4 Å². The third kappa shape index (κ3) is 4.35. The van der Waals surface area contributed by atoms with Gasteiger partial charge in [-0.05, 0) is 48.9 Å². The van der Waals surface area contributed by atoms with Crippen LogP contribution in [0.2, 0.25) is 0 Å². The standard InChI is InChI=1S/C23H20N4O3/c1-2-13-29-18-9-5-7-16(14-18)22(28)25-20-11-4-3-10-19(20)23-26-21(27-30-23)17-8-6-12-24-15-17/h3-12,14-15H,2,13H2,1H3,(H,25,28). The molecule has 0 fully saturated rings. The second kappa shape index (κ2) is 9.00. The number of hydrogen-bond acceptors (Lipinski definition) is 6. The van der Waals surface area contributed by atoms with Gasteiger partial charge in [0.2, 0.25) is 5.82 Å². The van der Waals surface area contributed by atoms with Crippen LogP contribution in [0.4, 0.5) is 5.69 Å². The van der Waals surface area contributed by atoms with Crippen molar-refractivity contribution in [3.63, 3.8) is 0 Å². The summed E-state index contributed by atoms with van der Waals surface area (Å²) in [5.74, 6) is 1.15. The highest BCUT2D eigenvalue weighted by atomic mass is 16.5. The Hall–Kier alpha value is -4.00. The fraction of sp³-hybridized carbons (Fsp3) is 0.130. The van der Waals surface area contributed by atoms with E-state index < -0.39 is 0 Å². The highest BCUT2D eigenvalue weighted by Crippen LogP contribution is 2.29. The van der Waals surface area contributed by atoms with E-state index in [1.165, 1.54) is 0 Å². The van der Waals surface area contributed by atoms with Gasteiger partial charge in [0.15, 0.2) is 0 Å². The highest BCUT2D eigenvalue weighted by molar-refractivity contribution is 6.06. The largest absolute Gasteiger partial charge is 0.494 e. The first-order chi connectivity index (χ1) is 14.7. The van der Waals surface area contributed by atoms with Gasteiger partial charge in [-0.1, -0.05) is 30.3 Å². The molecule has 2 aromatic heterocycles. The third-order valence-electron chi connectivity index (χ3n) is 4.32. The van der Waals surface area contributed by atoms with Crippen LogP contribution in [-0.4, -0.2) is 27.6 Å². The summed E-state index contributed by atoms with van der Waals surface area (Å²) >= 11 is 0. The lowest BCUT2D eigenvalue weighted by molar-refractivity contribution is 0.102. The minimum atomic E-state index is -0.253. The minimum Gasteiger partial charge on any atom is -0.494 e. The number of aromatic nitrogens is 3. The Bertz CT molecular complexity index is 1140. The maximum absolute atomic E-state index is 12.8. The van der Waals surface area contributed by atoms with E-state index in [1.54, 1.807) is 42.7 Å². The fourth-order valence-corrected chi connectivity index (χ4v) is 2.87. The number of benzene rings is 2. The number of carbonyl (C=O) groups excluding carboxylic acids is 1. The summed E-state index contributed by atoms with van der Waals surface area (Å²) in [6.45, 7) is 2.63. The molecule has 2 heterocycles. The molecule has 4 aromatic rings. The quantitative estimate of drug-likeness (QED) is 0.477. The van der Waals surface area contributed by atoms with Crippen molar-refractivity contribution in [3.8, 4) is 28.6 Å². The zero-order valence-electron chi connectivity index (χ0n) is 16.4. The summed E-state index contributed by atoms with van der Waals surface area (Å²) < 4.78 is 11.1. The van der Waals surface area contributed by atoms with Crippen LogP contribution in [0.1, 0.15) is 23.7 Å². The summed E-state index contributed by atoms with van der Waals surface area (Å²) in [5, 5.41) is 6.95. The van der Waals surface area contributed by atoms with Gasteiger partial charge in [-0.3, -0.25) is 9.78 Å². The van der Waals surface area contributed by atoms with Crippen LogP contribution >= 0.6 is 0 Å². The molecular weight excluding hydrogens is 380 g/mol. The van der Waals surface area contributed by atoms with Gasteiger partial charge in [0.25, 0.3) is 11.8 Å². The van der Waals surface area contributed by atoms with Crippen LogP contribution < -0.4 is 10.1 Å². The van der Waals surface area contributed by atoms with E-state index in [0.29, 0.717) is 40.9 Å². The SMILES string of the molecule is CCCOc1cccc(C(=O)Nc2ccccc2-c2nc(-c3cccnc3)no2)c1. The Morgan fingerprint density at radius 1 is 1.10 bits per heavy atom. The van der Waals surface area contributed by atoms with Crippen molar-refractivity contribution in [1.82, 2.24) is 15.1 Å². The van der Waals surface area contributed by atoms with E-state index in [1.807, 2.05) is 37.3 Å². The Morgan fingerprint density at radius 2 is 2.00 bits per heavy atom. The molecule has 0 unspecified atom stereocenters. The number of pyridine rings is 1. The van der Waals surface area contributed by atoms with Crippen molar-refractivity contribution in [1.29, 1.82) is 0 Å². The topological polar surface area (TPSA) is 90.1 Å². The monoisotopic (exact) mass is 400 g/mol. The lowest BCUT2D eigenvalue weighted by Gasteiger charge is -2.10. The molecule has 1 amide bonds. The lowest BCUT2D eigenvalue weighted by atomic mass is 10.1. The molecule has 4 rings (SSSR count). The van der Waals surface area contributed by atoms with Gasteiger partial charge < -0.3 is 14.6 Å². The number of anilines is 1. The first kappa shape index (κ1) is 19.3. The summed E-state index contributed by atoms with van der Waals surface area (Å²) in [4.78, 5) is 21.3. The van der Waals surface area contributed by atoms with Crippen LogP contribution in [0.5, 0.6) is 5.75 Å². The predicted octanol–water partition coefficient (Wildman–Crippen LogP) is 4.84. The van der Waals surface area contributed by atoms with Gasteiger partial charge in [-0.25, -0.2) is 0 Å². The first-order valence-corrected chi connectivity index (χ1v) is 9.62. The van der Waals surface area contributed by atoms with Gasteiger partial charge in [0.05, 0.1) is 17.9 Å². The number of rotatable bonds is 7. The average molecular weight is 400 g/mol. The number of carbonyl (C=O) groups is 1. The van der Waals surface area contributed by atoms with E-state index in [-0.39, 0.29) is 5.91 Å². The molecule has 0 bridgehead atoms. The van der Waals surface area contributed by atoms with Crippen molar-refractivity contribution in [2.45, 2.75) is 13.3 Å². The van der Waals surface area contributed by atoms with Crippen molar-refractivity contribution in [2.75, 3.05) is 11.9 Å². The Balaban J connectivity index is 1.57. The second-order valence-corrected chi connectivity index (χ2v) is 6.54. The van der Waals surface area contributed by atoms with Gasteiger partial charge in [-0.15, -0.1) is 0 Å². The smallest absolute Gasteiger partial charge is 0.260 e. The average Bonchev–Trinajstić information content (AvgIpc) is 3.29. The molecule has 0 aliphatic carbocycles. The van der Waals surface area contributed by atoms with Crippen LogP contribution in [-0.2, 0) is 0 Å². The maximum Gasteiger partial charge on any atom is 0.260 e. The molecule has 7 heteroatoms. The molecule has 0 spiro atoms. The molecule has 150 valence electrons. The molecule has 0 saturated carbocycles. The van der Waals surface area contributed by atoms with Gasteiger partial charge in [0.1, 0.15) is 5.75 Å². The Morgan fingerprint density at radius 3 is 2.83 bits per heavy atom. The molecule has 0 aliphatic heterocycles. The van der Waals surface area contributed by atoms with Gasteiger partial charge in [0, 0.05) is 23.5 Å². The number of para-hydroxylation sites is 1. The van der Waals surface area contributed by atoms with Crippen LogP contribution in [0.25, 0.3) is 22.8 Å². The van der Waals surface area contributed by atoms with Crippen molar-refractivity contribution in [2.24, 2.45) is 0 Å². The fourth-order valence-electron chi connectivity index (χ4n) is 2.87. The lowest BCUT2D eigenvalue weighted by Crippen LogP contribution is -2.12. The Labute approximate surface area is 173 Å². The number of nitrogens with one attached hydrogen (secondary N) is 1. The van der Waals surface area contributed by atoms with E-state index in [9.17, 15) is 4.79 Å². The summed E-state index contributed by atoms with van der Waals surface area (Å²) in [6.07, 6.45) is 4.24. The third-order valence-corrected chi connectivity index (χ3v) is 4.32. The molecule has 30 heavy (non-hydrogen) atoms. The molecular formula is C23H20N4O3. The van der Waals surface area contributed by atoms with Crippen molar-refractivity contribution in [3.05, 3.63) is 78.6 Å². The van der Waals surface area contributed by atoms with E-state index in [4.69, 9.17) is 9.26 Å². The molecule has 0 atom stereocenters. The van der Waals surface area contributed by atoms with Gasteiger partial charge in [-0.2, -0.15) is 4.98 Å². The zero-order valence-corrected chi connectivity index (χ0v) is 16.4. The van der Waals surface area contributed by atoms with Crippen molar-refractivity contribution < 1.29 is 14.1 Å². The molecule has 1 N–H and O–H groups in total. The molecule has 7 nitrogen and oxygen atoms in total. The van der Waals surface area contributed by atoms with E-state index >= 15 is 0 Å². The van der Waals surface area contributed by atoms with Crippen molar-refractivity contribution >= 4 is 11.6 Å². The van der Waals surface area contributed by atoms with Crippen LogP contribution in [0, 0.1) is 0 Å². The predicted molar refractivity (Wildman–Crippen MR) is 113 cm³/mol. The second-order valence-electron chi connectivity index (χ2n) is 6.54. The first-order valence-electron chi connectivity index (χ1n) is 9.62. The summed E-state index contributed by atoms with van der Waals surface area (Å²) in [5.41, 5.74) is 2.45. The number of hydrogen-bond donors (Lipinski definition) is 1. The van der Waals surface area contributed by atoms with Crippen LogP contribution in [0.15, 0.2) is 77.6 Å². The number of ether oxygens (including phenoxy) is 1. The Kier molecular flexibility index (Phi) is 5.80. The molecule has 0 radical (unpaired) electrons. The molecule has 0 aliphatic rings. The molecule has 0 saturated heterocycles. The number of nitrogens with zero attached hydrogens (tertiary/aromatic N) is 3. The highest BCUT2D eigenvalue weighted by Gasteiger charge is 2.16. The minimum absolute atomic E-state index is 0.253. The van der Waals surface area contributed by atoms with Crippen LogP contribution in [0.3, 0.4) is 0 Å². The number of amides is 1. The zero-order chi connectivity index (χ0) is 20.8. The maximum atomic E-state index is 12.8.